The molecule has 1 aliphatic carbocycles. The van der Waals surface area contributed by atoms with Crippen molar-refractivity contribution < 1.29 is 13.9 Å². The summed E-state index contributed by atoms with van der Waals surface area (Å²) in [5.41, 5.74) is 6.20. The van der Waals surface area contributed by atoms with Gasteiger partial charge in [-0.2, -0.15) is 0 Å². The summed E-state index contributed by atoms with van der Waals surface area (Å²) >= 11 is 0. The molecule has 0 amide bonds. The van der Waals surface area contributed by atoms with E-state index in [4.69, 9.17) is 5.73 Å². The minimum Gasteiger partial charge on any atom is -0.391 e. The molecule has 0 aliphatic heterocycles. The molecule has 0 spiro atoms. The highest BCUT2D eigenvalue weighted by atomic mass is 19.2. The van der Waals surface area contributed by atoms with E-state index >= 15 is 0 Å². The maximum atomic E-state index is 13.7. The third-order valence-corrected chi connectivity index (χ3v) is 4.43. The fourth-order valence-electron chi connectivity index (χ4n) is 3.08. The fourth-order valence-corrected chi connectivity index (χ4v) is 3.08. The zero-order chi connectivity index (χ0) is 15.4. The van der Waals surface area contributed by atoms with Crippen molar-refractivity contribution in [3.05, 3.63) is 35.4 Å². The fraction of sp³-hybridized carbons (Fsp3) is 0.625. The number of benzene rings is 1. The van der Waals surface area contributed by atoms with Crippen molar-refractivity contribution >= 4 is 0 Å². The number of halogens is 2. The predicted molar refractivity (Wildman–Crippen MR) is 78.8 cm³/mol. The summed E-state index contributed by atoms with van der Waals surface area (Å²) in [6, 6.07) is 3.70. The average molecular weight is 298 g/mol. The van der Waals surface area contributed by atoms with E-state index in [2.05, 4.69) is 4.90 Å². The van der Waals surface area contributed by atoms with Crippen LogP contribution >= 0.6 is 0 Å². The van der Waals surface area contributed by atoms with Gasteiger partial charge in [-0.1, -0.05) is 25.0 Å². The summed E-state index contributed by atoms with van der Waals surface area (Å²) in [4.78, 5) is 2.08. The number of nitrogens with two attached hydrogens (primary N) is 1. The Labute approximate surface area is 124 Å². The molecule has 5 heteroatoms. The Morgan fingerprint density at radius 3 is 2.76 bits per heavy atom. The van der Waals surface area contributed by atoms with E-state index in [0.29, 0.717) is 13.0 Å². The Hall–Kier alpha value is -1.04. The first-order valence-corrected chi connectivity index (χ1v) is 7.58. The van der Waals surface area contributed by atoms with Crippen LogP contribution in [0.2, 0.25) is 0 Å². The van der Waals surface area contributed by atoms with E-state index < -0.39 is 17.7 Å². The van der Waals surface area contributed by atoms with Gasteiger partial charge in [0.05, 0.1) is 6.10 Å². The smallest absolute Gasteiger partial charge is 0.163 e. The van der Waals surface area contributed by atoms with Gasteiger partial charge in [0.2, 0.25) is 0 Å². The molecule has 3 unspecified atom stereocenters. The molecule has 21 heavy (non-hydrogen) atoms. The molecule has 3 N–H and O–H groups in total. The van der Waals surface area contributed by atoms with E-state index in [0.717, 1.165) is 31.7 Å². The lowest BCUT2D eigenvalue weighted by molar-refractivity contribution is 0.0311. The number of likely N-dealkylation sites (N-methyl/N-ethyl adjacent to an activating group) is 1. The van der Waals surface area contributed by atoms with Crippen LogP contribution in [0.1, 0.15) is 43.7 Å². The molecule has 1 aromatic carbocycles. The molecule has 0 heterocycles. The zero-order valence-corrected chi connectivity index (χ0v) is 12.4. The third kappa shape index (κ3) is 3.99. The van der Waals surface area contributed by atoms with Gasteiger partial charge < -0.3 is 15.7 Å². The van der Waals surface area contributed by atoms with Gasteiger partial charge in [0.15, 0.2) is 11.6 Å². The number of aliphatic hydroxyl groups excluding tert-OH is 1. The van der Waals surface area contributed by atoms with Crippen molar-refractivity contribution in [3.63, 3.8) is 0 Å². The quantitative estimate of drug-likeness (QED) is 0.878. The van der Waals surface area contributed by atoms with Gasteiger partial charge in [-0.15, -0.1) is 0 Å². The van der Waals surface area contributed by atoms with Crippen LogP contribution in [0.15, 0.2) is 18.2 Å². The van der Waals surface area contributed by atoms with E-state index in [1.807, 2.05) is 7.05 Å². The summed E-state index contributed by atoms with van der Waals surface area (Å²) in [6.07, 6.45) is 4.22. The van der Waals surface area contributed by atoms with Gasteiger partial charge in [0.1, 0.15) is 0 Å². The molecule has 1 aliphatic rings. The molecule has 0 aromatic heterocycles. The first kappa shape index (κ1) is 16.3. The molecule has 3 nitrogen and oxygen atoms in total. The summed E-state index contributed by atoms with van der Waals surface area (Å²) in [5.74, 6) is -1.72. The van der Waals surface area contributed by atoms with Crippen LogP contribution in [0.5, 0.6) is 0 Å². The summed E-state index contributed by atoms with van der Waals surface area (Å²) in [6.45, 7) is 0.652. The van der Waals surface area contributed by atoms with Gasteiger partial charge in [0, 0.05) is 24.2 Å². The highest BCUT2D eigenvalue weighted by molar-refractivity contribution is 5.22. The molecule has 3 atom stereocenters. The van der Waals surface area contributed by atoms with Crippen molar-refractivity contribution in [2.45, 2.75) is 50.3 Å². The summed E-state index contributed by atoms with van der Waals surface area (Å²) in [7, 11) is 1.95. The van der Waals surface area contributed by atoms with Crippen LogP contribution in [-0.4, -0.2) is 35.7 Å². The molecular formula is C16H24F2N2O. The molecule has 1 aromatic rings. The van der Waals surface area contributed by atoms with Gasteiger partial charge >= 0.3 is 0 Å². The number of nitrogens with zero attached hydrogens (tertiary/aromatic N) is 1. The Morgan fingerprint density at radius 1 is 1.33 bits per heavy atom. The Bertz CT molecular complexity index is 470. The largest absolute Gasteiger partial charge is 0.391 e. The number of aliphatic hydroxyl groups is 1. The molecule has 1 saturated carbocycles. The van der Waals surface area contributed by atoms with Crippen molar-refractivity contribution in [1.29, 1.82) is 0 Å². The molecular weight excluding hydrogens is 274 g/mol. The lowest BCUT2D eigenvalue weighted by Crippen LogP contribution is -2.44. The predicted octanol–water partition coefficient (Wildman–Crippen LogP) is 2.59. The topological polar surface area (TPSA) is 49.5 Å². The SMILES string of the molecule is CN(CCC(N)c1cccc(F)c1F)C1CCCCC1O. The second-order valence-electron chi connectivity index (χ2n) is 5.94. The second kappa shape index (κ2) is 7.29. The Morgan fingerprint density at radius 2 is 2.05 bits per heavy atom. The van der Waals surface area contributed by atoms with Gasteiger partial charge in [-0.3, -0.25) is 0 Å². The average Bonchev–Trinajstić information content (AvgIpc) is 2.47. The van der Waals surface area contributed by atoms with Gasteiger partial charge in [-0.25, -0.2) is 8.78 Å². The lowest BCUT2D eigenvalue weighted by atomic mass is 9.91. The van der Waals surface area contributed by atoms with Crippen LogP contribution in [-0.2, 0) is 0 Å². The lowest BCUT2D eigenvalue weighted by Gasteiger charge is -2.35. The van der Waals surface area contributed by atoms with E-state index in [9.17, 15) is 13.9 Å². The minimum atomic E-state index is -0.862. The summed E-state index contributed by atoms with van der Waals surface area (Å²) in [5, 5.41) is 10.0. The number of rotatable bonds is 5. The van der Waals surface area contributed by atoms with E-state index in [1.165, 1.54) is 12.1 Å². The van der Waals surface area contributed by atoms with Crippen molar-refractivity contribution in [1.82, 2.24) is 4.90 Å². The molecule has 2 rings (SSSR count). The third-order valence-electron chi connectivity index (χ3n) is 4.43. The molecule has 118 valence electrons. The highest BCUT2D eigenvalue weighted by Gasteiger charge is 2.26. The summed E-state index contributed by atoms with van der Waals surface area (Å²) < 4.78 is 26.9. The van der Waals surface area contributed by atoms with E-state index in [1.54, 1.807) is 0 Å². The maximum absolute atomic E-state index is 13.7. The molecule has 1 fully saturated rings. The van der Waals surface area contributed by atoms with Crippen LogP contribution in [0.4, 0.5) is 8.78 Å². The molecule has 0 saturated heterocycles. The van der Waals surface area contributed by atoms with Crippen LogP contribution in [0.25, 0.3) is 0 Å². The zero-order valence-electron chi connectivity index (χ0n) is 12.4. The molecule has 0 radical (unpaired) electrons. The highest BCUT2D eigenvalue weighted by Crippen LogP contribution is 2.24. The minimum absolute atomic E-state index is 0.142. The monoisotopic (exact) mass is 298 g/mol. The van der Waals surface area contributed by atoms with E-state index in [-0.39, 0.29) is 17.7 Å². The van der Waals surface area contributed by atoms with Crippen molar-refractivity contribution in [2.24, 2.45) is 5.73 Å². The number of hydrogen-bond donors (Lipinski definition) is 2. The normalized spacial score (nSPS) is 24.3. The van der Waals surface area contributed by atoms with Gasteiger partial charge in [-0.05, 0) is 32.4 Å². The van der Waals surface area contributed by atoms with Crippen LogP contribution < -0.4 is 5.73 Å². The van der Waals surface area contributed by atoms with Gasteiger partial charge in [0.25, 0.3) is 0 Å². The van der Waals surface area contributed by atoms with Crippen LogP contribution in [0.3, 0.4) is 0 Å². The van der Waals surface area contributed by atoms with Crippen LogP contribution in [0, 0.1) is 11.6 Å². The first-order valence-electron chi connectivity index (χ1n) is 7.58. The first-order chi connectivity index (χ1) is 10.0. The Kier molecular flexibility index (Phi) is 5.67. The Balaban J connectivity index is 1.91. The van der Waals surface area contributed by atoms with Crippen molar-refractivity contribution in [3.8, 4) is 0 Å². The second-order valence-corrected chi connectivity index (χ2v) is 5.94. The standard InChI is InChI=1S/C16H24F2N2O/c1-20(14-7-2-3-8-15(14)21)10-9-13(19)11-5-4-6-12(17)16(11)18/h4-6,13-15,21H,2-3,7-10,19H2,1H3. The number of hydrogen-bond acceptors (Lipinski definition) is 3. The maximum Gasteiger partial charge on any atom is 0.163 e. The van der Waals surface area contributed by atoms with Crippen molar-refractivity contribution in [2.75, 3.05) is 13.6 Å². The molecule has 0 bridgehead atoms.